The summed E-state index contributed by atoms with van der Waals surface area (Å²) in [5, 5.41) is 4.43. The Morgan fingerprint density at radius 1 is 1.27 bits per heavy atom. The monoisotopic (exact) mass is 223 g/mol. The van der Waals surface area contributed by atoms with Crippen LogP contribution < -0.4 is 5.32 Å². The Morgan fingerprint density at radius 3 is 2.47 bits per heavy atom. The van der Waals surface area contributed by atoms with E-state index >= 15 is 0 Å². The van der Waals surface area contributed by atoms with Gasteiger partial charge in [-0.25, -0.2) is 8.42 Å². The Balaban J connectivity index is 2.05. The average Bonchev–Trinajstić information content (AvgIpc) is 2.50. The minimum atomic E-state index is -2.97. The first-order valence-corrected chi connectivity index (χ1v) is 6.51. The number of hydrogen-bond acceptors (Lipinski definition) is 3. The molecule has 1 atom stereocenters. The lowest BCUT2D eigenvalue weighted by atomic mass is 10.2. The minimum absolute atomic E-state index is 0.0993. The second kappa shape index (κ2) is 3.70. The molecule has 1 N–H and O–H groups in total. The Kier molecular flexibility index (Phi) is 2.52. The lowest BCUT2D eigenvalue weighted by Gasteiger charge is -2.11. The van der Waals surface area contributed by atoms with Crippen molar-refractivity contribution >= 4 is 15.5 Å². The second-order valence-electron chi connectivity index (χ2n) is 3.77. The Bertz CT molecular complexity index is 474. The molecule has 0 saturated heterocycles. The van der Waals surface area contributed by atoms with E-state index in [1.54, 1.807) is 6.08 Å². The molecule has 80 valence electrons. The first-order chi connectivity index (χ1) is 7.05. The molecule has 0 spiro atoms. The van der Waals surface area contributed by atoms with Crippen LogP contribution in [0.1, 0.15) is 5.56 Å². The molecule has 0 fully saturated rings. The highest BCUT2D eigenvalue weighted by Gasteiger charge is 2.20. The molecule has 0 radical (unpaired) electrons. The molecule has 3 nitrogen and oxygen atoms in total. The Hall–Kier alpha value is -1.29. The molecule has 0 aromatic heterocycles. The van der Waals surface area contributed by atoms with Crippen LogP contribution in [0.25, 0.3) is 0 Å². The second-order valence-corrected chi connectivity index (χ2v) is 5.71. The van der Waals surface area contributed by atoms with Gasteiger partial charge in [0.15, 0.2) is 9.84 Å². The highest BCUT2D eigenvalue weighted by Crippen LogP contribution is 2.15. The van der Waals surface area contributed by atoms with Gasteiger partial charge >= 0.3 is 0 Å². The molecule has 15 heavy (non-hydrogen) atoms. The SMILES string of the molecule is Cc1ccc(NC2C=CS(=O)(=O)C2)cc1. The quantitative estimate of drug-likeness (QED) is 0.830. The number of benzene rings is 1. The van der Waals surface area contributed by atoms with E-state index in [-0.39, 0.29) is 11.8 Å². The number of hydrogen-bond donors (Lipinski definition) is 1. The Labute approximate surface area is 89.7 Å². The highest BCUT2D eigenvalue weighted by molar-refractivity contribution is 7.94. The van der Waals surface area contributed by atoms with Crippen molar-refractivity contribution in [2.75, 3.05) is 11.1 Å². The topological polar surface area (TPSA) is 46.2 Å². The third kappa shape index (κ3) is 2.59. The summed E-state index contributed by atoms with van der Waals surface area (Å²) in [6, 6.07) is 7.80. The van der Waals surface area contributed by atoms with Crippen molar-refractivity contribution in [3.05, 3.63) is 41.3 Å². The van der Waals surface area contributed by atoms with Gasteiger partial charge in [-0.2, -0.15) is 0 Å². The summed E-state index contributed by atoms with van der Waals surface area (Å²) >= 11 is 0. The predicted octanol–water partition coefficient (Wildman–Crippen LogP) is 1.72. The highest BCUT2D eigenvalue weighted by atomic mass is 32.2. The molecule has 1 unspecified atom stereocenters. The van der Waals surface area contributed by atoms with Crippen molar-refractivity contribution in [2.24, 2.45) is 0 Å². The van der Waals surface area contributed by atoms with Crippen LogP contribution >= 0.6 is 0 Å². The molecule has 1 aromatic rings. The van der Waals surface area contributed by atoms with E-state index in [1.807, 2.05) is 31.2 Å². The van der Waals surface area contributed by atoms with Crippen LogP contribution in [-0.4, -0.2) is 20.2 Å². The third-order valence-electron chi connectivity index (χ3n) is 2.33. The summed E-state index contributed by atoms with van der Waals surface area (Å²) in [6.45, 7) is 2.02. The van der Waals surface area contributed by atoms with Crippen LogP contribution in [0.5, 0.6) is 0 Å². The predicted molar refractivity (Wildman–Crippen MR) is 61.5 cm³/mol. The molecule has 1 aliphatic rings. The smallest absolute Gasteiger partial charge is 0.173 e. The van der Waals surface area contributed by atoms with Crippen molar-refractivity contribution in [3.8, 4) is 0 Å². The van der Waals surface area contributed by atoms with Crippen LogP contribution in [0.4, 0.5) is 5.69 Å². The maximum absolute atomic E-state index is 11.2. The normalized spacial score (nSPS) is 22.9. The zero-order valence-electron chi connectivity index (χ0n) is 8.47. The summed E-state index contributed by atoms with van der Waals surface area (Å²) in [5.74, 6) is 0.154. The molecule has 1 aliphatic heterocycles. The van der Waals surface area contributed by atoms with E-state index in [0.29, 0.717) is 0 Å². The molecule has 1 aromatic carbocycles. The van der Waals surface area contributed by atoms with Gasteiger partial charge in [0.25, 0.3) is 0 Å². The average molecular weight is 223 g/mol. The van der Waals surface area contributed by atoms with Crippen LogP contribution in [0.3, 0.4) is 0 Å². The molecule has 0 bridgehead atoms. The van der Waals surface area contributed by atoms with E-state index in [4.69, 9.17) is 0 Å². The van der Waals surface area contributed by atoms with Crippen molar-refractivity contribution in [1.29, 1.82) is 0 Å². The summed E-state index contributed by atoms with van der Waals surface area (Å²) < 4.78 is 22.3. The molecule has 2 rings (SSSR count). The molecule has 0 amide bonds. The van der Waals surface area contributed by atoms with Gasteiger partial charge in [-0.1, -0.05) is 23.8 Å². The largest absolute Gasteiger partial charge is 0.378 e. The van der Waals surface area contributed by atoms with Gasteiger partial charge in [0.05, 0.1) is 11.8 Å². The van der Waals surface area contributed by atoms with E-state index in [2.05, 4.69) is 5.32 Å². The number of aryl methyl sites for hydroxylation is 1. The zero-order valence-corrected chi connectivity index (χ0v) is 9.29. The van der Waals surface area contributed by atoms with E-state index in [9.17, 15) is 8.42 Å². The fourth-order valence-electron chi connectivity index (χ4n) is 1.53. The van der Waals surface area contributed by atoms with E-state index in [1.165, 1.54) is 11.0 Å². The van der Waals surface area contributed by atoms with Crippen molar-refractivity contribution in [3.63, 3.8) is 0 Å². The number of sulfone groups is 1. The zero-order chi connectivity index (χ0) is 10.9. The maximum Gasteiger partial charge on any atom is 0.173 e. The van der Waals surface area contributed by atoms with Crippen molar-refractivity contribution in [1.82, 2.24) is 0 Å². The van der Waals surface area contributed by atoms with Gasteiger partial charge in [-0.15, -0.1) is 0 Å². The molecule has 1 heterocycles. The van der Waals surface area contributed by atoms with Gasteiger partial charge in [0.2, 0.25) is 0 Å². The maximum atomic E-state index is 11.2. The fraction of sp³-hybridized carbons (Fsp3) is 0.273. The van der Waals surface area contributed by atoms with Gasteiger partial charge in [-0.05, 0) is 19.1 Å². The molecular formula is C11H13NO2S. The van der Waals surface area contributed by atoms with Gasteiger partial charge in [-0.3, -0.25) is 0 Å². The van der Waals surface area contributed by atoms with Crippen molar-refractivity contribution in [2.45, 2.75) is 13.0 Å². The summed E-state index contributed by atoms with van der Waals surface area (Å²) in [7, 11) is -2.97. The molecule has 0 saturated carbocycles. The number of anilines is 1. The first kappa shape index (κ1) is 10.2. The summed E-state index contributed by atoms with van der Waals surface area (Å²) in [5.41, 5.74) is 2.14. The summed E-state index contributed by atoms with van der Waals surface area (Å²) in [6.07, 6.45) is 1.69. The van der Waals surface area contributed by atoms with E-state index < -0.39 is 9.84 Å². The van der Waals surface area contributed by atoms with Crippen LogP contribution in [-0.2, 0) is 9.84 Å². The lowest BCUT2D eigenvalue weighted by Crippen LogP contribution is -2.20. The molecule has 4 heteroatoms. The fourth-order valence-corrected chi connectivity index (χ4v) is 2.76. The molecular weight excluding hydrogens is 210 g/mol. The van der Waals surface area contributed by atoms with Crippen LogP contribution in [0, 0.1) is 6.92 Å². The minimum Gasteiger partial charge on any atom is -0.378 e. The Morgan fingerprint density at radius 2 is 1.93 bits per heavy atom. The third-order valence-corrected chi connectivity index (χ3v) is 3.73. The van der Waals surface area contributed by atoms with Crippen LogP contribution in [0.2, 0.25) is 0 Å². The standard InChI is InChI=1S/C11H13NO2S/c1-9-2-4-10(5-3-9)12-11-6-7-15(13,14)8-11/h2-7,11-12H,8H2,1H3. The lowest BCUT2D eigenvalue weighted by molar-refractivity contribution is 0.605. The van der Waals surface area contributed by atoms with Gasteiger partial charge in [0.1, 0.15) is 0 Å². The first-order valence-electron chi connectivity index (χ1n) is 4.79. The number of rotatable bonds is 2. The number of nitrogens with one attached hydrogen (secondary N) is 1. The van der Waals surface area contributed by atoms with Crippen molar-refractivity contribution < 1.29 is 8.42 Å². The van der Waals surface area contributed by atoms with Crippen LogP contribution in [0.15, 0.2) is 35.7 Å². The molecule has 0 aliphatic carbocycles. The van der Waals surface area contributed by atoms with Gasteiger partial charge in [0, 0.05) is 11.1 Å². The van der Waals surface area contributed by atoms with Gasteiger partial charge < -0.3 is 5.32 Å². The van der Waals surface area contributed by atoms with E-state index in [0.717, 1.165) is 5.69 Å². The summed E-state index contributed by atoms with van der Waals surface area (Å²) in [4.78, 5) is 0.